The van der Waals surface area contributed by atoms with Crippen LogP contribution >= 0.6 is 11.3 Å². The van der Waals surface area contributed by atoms with Crippen molar-refractivity contribution >= 4 is 34.2 Å². The van der Waals surface area contributed by atoms with Crippen LogP contribution in [0.5, 0.6) is 5.75 Å². The van der Waals surface area contributed by atoms with Gasteiger partial charge in [-0.25, -0.2) is 9.59 Å². The van der Waals surface area contributed by atoms with Gasteiger partial charge in [0.2, 0.25) is 5.91 Å². The van der Waals surface area contributed by atoms with Gasteiger partial charge in [0.15, 0.2) is 0 Å². The molecule has 8 heteroatoms. The van der Waals surface area contributed by atoms with Crippen LogP contribution in [0.1, 0.15) is 71.7 Å². The molecule has 0 bridgehead atoms. The maximum atomic E-state index is 12.5. The van der Waals surface area contributed by atoms with Crippen LogP contribution in [0.2, 0.25) is 0 Å². The number of aryl methyl sites for hydroxylation is 1. The second-order valence-corrected chi connectivity index (χ2v) is 8.45. The van der Waals surface area contributed by atoms with E-state index < -0.39 is 11.9 Å². The van der Waals surface area contributed by atoms with Crippen LogP contribution in [-0.4, -0.2) is 37.2 Å². The van der Waals surface area contributed by atoms with E-state index in [2.05, 4.69) is 12.2 Å². The molecule has 0 saturated heterocycles. The number of anilines is 1. The SMILES string of the molecule is CCOC(=O)c1c(NC(=O)CCCOc2ccc(CC)cc2)sc(C(=O)OC(C)C)c1C. The number of hydrogen-bond donors (Lipinski definition) is 1. The zero-order chi connectivity index (χ0) is 23.7. The lowest BCUT2D eigenvalue weighted by Gasteiger charge is -2.08. The summed E-state index contributed by atoms with van der Waals surface area (Å²) in [5, 5.41) is 3.04. The van der Waals surface area contributed by atoms with Gasteiger partial charge in [-0.3, -0.25) is 4.79 Å². The van der Waals surface area contributed by atoms with Crippen molar-refractivity contribution in [3.8, 4) is 5.75 Å². The van der Waals surface area contributed by atoms with Crippen molar-refractivity contribution in [1.29, 1.82) is 0 Å². The van der Waals surface area contributed by atoms with Crippen molar-refractivity contribution in [2.45, 2.75) is 60.0 Å². The van der Waals surface area contributed by atoms with E-state index in [0.717, 1.165) is 23.5 Å². The van der Waals surface area contributed by atoms with Gasteiger partial charge >= 0.3 is 11.9 Å². The highest BCUT2D eigenvalue weighted by Gasteiger charge is 2.27. The number of amides is 1. The third-order valence-electron chi connectivity index (χ3n) is 4.56. The molecule has 174 valence electrons. The van der Waals surface area contributed by atoms with Gasteiger partial charge in [-0.15, -0.1) is 11.3 Å². The van der Waals surface area contributed by atoms with Crippen molar-refractivity contribution in [3.63, 3.8) is 0 Å². The quantitative estimate of drug-likeness (QED) is 0.367. The summed E-state index contributed by atoms with van der Waals surface area (Å²) in [5.41, 5.74) is 1.86. The van der Waals surface area contributed by atoms with Crippen LogP contribution < -0.4 is 10.1 Å². The van der Waals surface area contributed by atoms with Gasteiger partial charge in [0.05, 0.1) is 24.9 Å². The first-order chi connectivity index (χ1) is 15.3. The lowest BCUT2D eigenvalue weighted by atomic mass is 10.1. The summed E-state index contributed by atoms with van der Waals surface area (Å²) >= 11 is 1.02. The minimum Gasteiger partial charge on any atom is -0.494 e. The Morgan fingerprint density at radius 3 is 2.34 bits per heavy atom. The van der Waals surface area contributed by atoms with Crippen molar-refractivity contribution in [2.24, 2.45) is 0 Å². The number of thiophene rings is 1. The summed E-state index contributed by atoms with van der Waals surface area (Å²) in [5.74, 6) is -0.630. The van der Waals surface area contributed by atoms with E-state index in [-0.39, 0.29) is 40.5 Å². The topological polar surface area (TPSA) is 90.9 Å². The number of hydrogen-bond acceptors (Lipinski definition) is 7. The second-order valence-electron chi connectivity index (χ2n) is 7.43. The van der Waals surface area contributed by atoms with E-state index in [4.69, 9.17) is 14.2 Å². The fraction of sp³-hybridized carbons (Fsp3) is 0.458. The average Bonchev–Trinajstić information content (AvgIpc) is 3.07. The van der Waals surface area contributed by atoms with E-state index in [0.29, 0.717) is 18.6 Å². The number of nitrogens with one attached hydrogen (secondary N) is 1. The third kappa shape index (κ3) is 7.09. The van der Waals surface area contributed by atoms with Crippen LogP contribution in [-0.2, 0) is 20.7 Å². The van der Waals surface area contributed by atoms with E-state index in [1.807, 2.05) is 24.3 Å². The molecule has 32 heavy (non-hydrogen) atoms. The Hall–Kier alpha value is -2.87. The lowest BCUT2D eigenvalue weighted by molar-refractivity contribution is -0.116. The molecule has 1 amide bonds. The Labute approximate surface area is 193 Å². The summed E-state index contributed by atoms with van der Waals surface area (Å²) in [4.78, 5) is 37.6. The fourth-order valence-corrected chi connectivity index (χ4v) is 4.04. The predicted molar refractivity (Wildman–Crippen MR) is 125 cm³/mol. The molecule has 0 radical (unpaired) electrons. The van der Waals surface area contributed by atoms with Crippen molar-refractivity contribution in [1.82, 2.24) is 0 Å². The molecule has 0 aliphatic carbocycles. The molecule has 1 heterocycles. The molecule has 0 atom stereocenters. The monoisotopic (exact) mass is 461 g/mol. The highest BCUT2D eigenvalue weighted by molar-refractivity contribution is 7.18. The van der Waals surface area contributed by atoms with Gasteiger partial charge in [-0.1, -0.05) is 19.1 Å². The first-order valence-corrected chi connectivity index (χ1v) is 11.6. The average molecular weight is 462 g/mol. The minimum absolute atomic E-state index is 0.184. The van der Waals surface area contributed by atoms with Gasteiger partial charge in [0, 0.05) is 6.42 Å². The zero-order valence-corrected chi connectivity index (χ0v) is 20.1. The molecule has 0 unspecified atom stereocenters. The van der Waals surface area contributed by atoms with Crippen LogP contribution in [0, 0.1) is 6.92 Å². The van der Waals surface area contributed by atoms with Gasteiger partial charge in [-0.05, 0) is 63.8 Å². The third-order valence-corrected chi connectivity index (χ3v) is 5.74. The Kier molecular flexibility index (Phi) is 9.71. The summed E-state index contributed by atoms with van der Waals surface area (Å²) < 4.78 is 16.0. The first-order valence-electron chi connectivity index (χ1n) is 10.8. The van der Waals surface area contributed by atoms with Crippen molar-refractivity contribution < 1.29 is 28.6 Å². The highest BCUT2D eigenvalue weighted by Crippen LogP contribution is 2.34. The summed E-state index contributed by atoms with van der Waals surface area (Å²) in [7, 11) is 0. The normalized spacial score (nSPS) is 10.7. The maximum Gasteiger partial charge on any atom is 0.348 e. The predicted octanol–water partition coefficient (Wildman–Crippen LogP) is 5.16. The number of rotatable bonds is 11. The summed E-state index contributed by atoms with van der Waals surface area (Å²) in [6.45, 7) is 9.50. The molecule has 1 aromatic heterocycles. The molecule has 1 N–H and O–H groups in total. The van der Waals surface area contributed by atoms with Crippen LogP contribution in [0.3, 0.4) is 0 Å². The fourth-order valence-electron chi connectivity index (χ4n) is 2.95. The smallest absolute Gasteiger partial charge is 0.348 e. The molecule has 0 aliphatic heterocycles. The minimum atomic E-state index is -0.584. The molecule has 0 fully saturated rings. The number of carbonyl (C=O) groups is 3. The number of esters is 2. The zero-order valence-electron chi connectivity index (χ0n) is 19.3. The maximum absolute atomic E-state index is 12.5. The van der Waals surface area contributed by atoms with E-state index in [9.17, 15) is 14.4 Å². The largest absolute Gasteiger partial charge is 0.494 e. The Bertz CT molecular complexity index is 933. The molecular formula is C24H31NO6S. The van der Waals surface area contributed by atoms with Crippen LogP contribution in [0.15, 0.2) is 24.3 Å². The van der Waals surface area contributed by atoms with Crippen LogP contribution in [0.4, 0.5) is 5.00 Å². The highest BCUT2D eigenvalue weighted by atomic mass is 32.1. The molecule has 0 spiro atoms. The number of ether oxygens (including phenoxy) is 3. The van der Waals surface area contributed by atoms with E-state index in [1.165, 1.54) is 5.56 Å². The number of carbonyl (C=O) groups excluding carboxylic acids is 3. The van der Waals surface area contributed by atoms with Gasteiger partial charge in [-0.2, -0.15) is 0 Å². The summed E-state index contributed by atoms with van der Waals surface area (Å²) in [6, 6.07) is 7.85. The molecule has 0 aliphatic rings. The Morgan fingerprint density at radius 1 is 1.06 bits per heavy atom. The van der Waals surface area contributed by atoms with Crippen molar-refractivity contribution in [2.75, 3.05) is 18.5 Å². The van der Waals surface area contributed by atoms with Gasteiger partial charge < -0.3 is 19.5 Å². The molecule has 7 nitrogen and oxygen atoms in total. The van der Waals surface area contributed by atoms with Crippen LogP contribution in [0.25, 0.3) is 0 Å². The van der Waals surface area contributed by atoms with Crippen molar-refractivity contribution in [3.05, 3.63) is 45.8 Å². The first kappa shape index (κ1) is 25.4. The molecular weight excluding hydrogens is 430 g/mol. The van der Waals surface area contributed by atoms with Gasteiger partial charge in [0.25, 0.3) is 0 Å². The standard InChI is InChI=1S/C24H31NO6S/c1-6-17-10-12-18(13-11-17)30-14-8-9-19(26)25-22-20(23(27)29-7-2)16(5)21(32-22)24(28)31-15(3)4/h10-13,15H,6-9,14H2,1-5H3,(H,25,26). The number of benzene rings is 1. The van der Waals surface area contributed by atoms with E-state index >= 15 is 0 Å². The molecule has 2 rings (SSSR count). The molecule has 2 aromatic rings. The second kappa shape index (κ2) is 12.2. The molecule has 1 aromatic carbocycles. The van der Waals surface area contributed by atoms with E-state index in [1.54, 1.807) is 27.7 Å². The summed E-state index contributed by atoms with van der Waals surface area (Å²) in [6.07, 6.45) is 1.37. The Morgan fingerprint density at radius 2 is 1.75 bits per heavy atom. The molecule has 0 saturated carbocycles. The lowest BCUT2D eigenvalue weighted by Crippen LogP contribution is -2.15. The Balaban J connectivity index is 2.01. The van der Waals surface area contributed by atoms with Gasteiger partial charge in [0.1, 0.15) is 15.6 Å².